The predicted octanol–water partition coefficient (Wildman–Crippen LogP) is 3.23. The van der Waals surface area contributed by atoms with Crippen molar-refractivity contribution in [2.45, 2.75) is 34.1 Å². The maximum Gasteiger partial charge on any atom is 0.0108 e. The Morgan fingerprint density at radius 1 is 1.17 bits per heavy atom. The van der Waals surface area contributed by atoms with Crippen molar-refractivity contribution in [3.63, 3.8) is 0 Å². The van der Waals surface area contributed by atoms with Crippen LogP contribution < -0.4 is 0 Å². The second-order valence-electron chi connectivity index (χ2n) is 3.29. The van der Waals surface area contributed by atoms with Gasteiger partial charge in [0.2, 0.25) is 0 Å². The van der Waals surface area contributed by atoms with E-state index in [1.54, 1.807) is 0 Å². The highest BCUT2D eigenvalue weighted by atomic mass is 35.5. The van der Waals surface area contributed by atoms with Gasteiger partial charge >= 0.3 is 0 Å². The Morgan fingerprint density at radius 2 is 1.67 bits per heavy atom. The van der Waals surface area contributed by atoms with E-state index in [-0.39, 0.29) is 0 Å². The molecule has 0 amide bonds. The molecule has 1 nitrogen and oxygen atoms in total. The summed E-state index contributed by atoms with van der Waals surface area (Å²) in [6.07, 6.45) is 2.75. The lowest BCUT2D eigenvalue weighted by Crippen LogP contribution is -2.28. The molecule has 76 valence electrons. The third-order valence-corrected chi connectivity index (χ3v) is 1.61. The van der Waals surface area contributed by atoms with Gasteiger partial charge in [-0.25, -0.2) is 0 Å². The first-order valence-electron chi connectivity index (χ1n) is 4.80. The molecule has 0 rings (SSSR count). The van der Waals surface area contributed by atoms with E-state index in [1.807, 2.05) is 0 Å². The second kappa shape index (κ2) is 11.2. The van der Waals surface area contributed by atoms with Crippen molar-refractivity contribution in [1.29, 1.82) is 0 Å². The van der Waals surface area contributed by atoms with Gasteiger partial charge in [0.15, 0.2) is 0 Å². The molecule has 0 aromatic rings. The quantitative estimate of drug-likeness (QED) is 0.607. The predicted molar refractivity (Wildman–Crippen MR) is 59.0 cm³/mol. The Labute approximate surface area is 83.1 Å². The maximum absolute atomic E-state index is 4.64. The van der Waals surface area contributed by atoms with Crippen LogP contribution in [0.15, 0.2) is 0 Å². The largest absolute Gasteiger partial charge is 0.303 e. The van der Waals surface area contributed by atoms with Crippen molar-refractivity contribution >= 4 is 11.6 Å². The first-order valence-corrected chi connectivity index (χ1v) is 5.56. The lowest BCUT2D eigenvalue weighted by molar-refractivity contribution is 0.257. The monoisotopic (exact) mass is 193 g/mol. The molecule has 0 aromatic carbocycles. The molecule has 0 spiro atoms. The third kappa shape index (κ3) is 10.2. The van der Waals surface area contributed by atoms with Gasteiger partial charge in [-0.15, -0.1) is 11.6 Å². The Hall–Kier alpha value is 0.250. The average Bonchev–Trinajstić information content (AvgIpc) is 2.07. The van der Waals surface area contributed by atoms with Crippen LogP contribution in [0.5, 0.6) is 0 Å². The van der Waals surface area contributed by atoms with Crippen molar-refractivity contribution < 1.29 is 0 Å². The van der Waals surface area contributed by atoms with Crippen LogP contribution in [0.1, 0.15) is 34.1 Å². The summed E-state index contributed by atoms with van der Waals surface area (Å²) in [4.78, 5) is 2.50. The number of hydrogen-bond acceptors (Lipinski definition) is 1. The van der Waals surface area contributed by atoms with Crippen LogP contribution >= 0.6 is 11.6 Å². The highest BCUT2D eigenvalue weighted by Gasteiger charge is 2.01. The number of nitrogens with zero attached hydrogens (tertiary/aromatic N) is 1. The minimum atomic E-state index is 0.812. The molecule has 0 radical (unpaired) electrons. The normalized spacial score (nSPS) is 10.0. The van der Waals surface area contributed by atoms with Gasteiger partial charge in [0.1, 0.15) is 0 Å². The molecule has 0 aliphatic carbocycles. The summed E-state index contributed by atoms with van der Waals surface area (Å²) in [6.45, 7) is 12.7. The first kappa shape index (κ1) is 14.8. The molecular weight excluding hydrogens is 170 g/mol. The van der Waals surface area contributed by atoms with Crippen molar-refractivity contribution in [3.05, 3.63) is 0 Å². The zero-order valence-electron chi connectivity index (χ0n) is 9.23. The minimum Gasteiger partial charge on any atom is -0.303 e. The lowest BCUT2D eigenvalue weighted by Gasteiger charge is -2.21. The van der Waals surface area contributed by atoms with Crippen LogP contribution in [0.3, 0.4) is 0 Å². The fourth-order valence-electron chi connectivity index (χ4n) is 1.21. The minimum absolute atomic E-state index is 0.812. The van der Waals surface area contributed by atoms with Crippen LogP contribution in [0.4, 0.5) is 0 Å². The maximum atomic E-state index is 4.64. The molecule has 0 bridgehead atoms. The molecule has 0 unspecified atom stereocenters. The van der Waals surface area contributed by atoms with Crippen LogP contribution in [-0.2, 0) is 0 Å². The number of hydrogen-bond donors (Lipinski definition) is 0. The molecule has 0 aromatic heterocycles. The topological polar surface area (TPSA) is 3.24 Å². The van der Waals surface area contributed by atoms with Gasteiger partial charge in [-0.3, -0.25) is 0 Å². The Bertz CT molecular complexity index is 74.2. The SMILES string of the molecule is CCCN(CC)CC(C)C.CCl. The molecule has 0 fully saturated rings. The second-order valence-corrected chi connectivity index (χ2v) is 3.29. The van der Waals surface area contributed by atoms with E-state index in [0.29, 0.717) is 0 Å². The van der Waals surface area contributed by atoms with Crippen LogP contribution in [-0.4, -0.2) is 30.9 Å². The average molecular weight is 194 g/mol. The summed E-state index contributed by atoms with van der Waals surface area (Å²) in [5.74, 6) is 0.812. The third-order valence-electron chi connectivity index (χ3n) is 1.61. The van der Waals surface area contributed by atoms with Gasteiger partial charge < -0.3 is 4.90 Å². The van der Waals surface area contributed by atoms with Crippen molar-refractivity contribution in [3.8, 4) is 0 Å². The van der Waals surface area contributed by atoms with Gasteiger partial charge in [0, 0.05) is 12.9 Å². The van der Waals surface area contributed by atoms with E-state index in [1.165, 1.54) is 32.4 Å². The zero-order chi connectivity index (χ0) is 9.98. The van der Waals surface area contributed by atoms with Gasteiger partial charge in [-0.05, 0) is 25.4 Å². The summed E-state index contributed by atoms with van der Waals surface area (Å²) in [7, 11) is 0. The van der Waals surface area contributed by atoms with E-state index in [2.05, 4.69) is 44.2 Å². The summed E-state index contributed by atoms with van der Waals surface area (Å²) < 4.78 is 0. The molecule has 0 atom stereocenters. The fraction of sp³-hybridized carbons (Fsp3) is 1.00. The highest BCUT2D eigenvalue weighted by Crippen LogP contribution is 1.98. The van der Waals surface area contributed by atoms with E-state index in [9.17, 15) is 0 Å². The van der Waals surface area contributed by atoms with E-state index >= 15 is 0 Å². The molecule has 0 aliphatic heterocycles. The Morgan fingerprint density at radius 3 is 1.92 bits per heavy atom. The zero-order valence-corrected chi connectivity index (χ0v) is 9.99. The van der Waals surface area contributed by atoms with Gasteiger partial charge in [-0.1, -0.05) is 27.7 Å². The molecule has 0 saturated heterocycles. The molecule has 12 heavy (non-hydrogen) atoms. The summed E-state index contributed by atoms with van der Waals surface area (Å²) >= 11 is 4.64. The van der Waals surface area contributed by atoms with Crippen molar-refractivity contribution in [1.82, 2.24) is 4.90 Å². The van der Waals surface area contributed by atoms with Gasteiger partial charge in [0.05, 0.1) is 0 Å². The van der Waals surface area contributed by atoms with Crippen molar-refractivity contribution in [2.75, 3.05) is 26.0 Å². The smallest absolute Gasteiger partial charge is 0.0108 e. The summed E-state index contributed by atoms with van der Waals surface area (Å²) in [6, 6.07) is 0. The fourth-order valence-corrected chi connectivity index (χ4v) is 1.21. The molecule has 2 heteroatoms. The molecule has 0 aliphatic rings. The Balaban J connectivity index is 0. The molecule has 0 N–H and O–H groups in total. The van der Waals surface area contributed by atoms with E-state index in [4.69, 9.17) is 0 Å². The number of rotatable bonds is 5. The van der Waals surface area contributed by atoms with Crippen LogP contribution in [0, 0.1) is 5.92 Å². The van der Waals surface area contributed by atoms with Crippen molar-refractivity contribution in [2.24, 2.45) is 5.92 Å². The van der Waals surface area contributed by atoms with Crippen LogP contribution in [0.25, 0.3) is 0 Å². The van der Waals surface area contributed by atoms with Crippen LogP contribution in [0.2, 0.25) is 0 Å². The first-order chi connectivity index (χ1) is 5.70. The molecular formula is C10H24ClN. The highest BCUT2D eigenvalue weighted by molar-refractivity contribution is 6.15. The van der Waals surface area contributed by atoms with Gasteiger partial charge in [0.25, 0.3) is 0 Å². The van der Waals surface area contributed by atoms with E-state index in [0.717, 1.165) is 5.92 Å². The van der Waals surface area contributed by atoms with Gasteiger partial charge in [-0.2, -0.15) is 0 Å². The number of alkyl halides is 1. The Kier molecular flexibility index (Phi) is 13.8. The molecule has 0 heterocycles. The summed E-state index contributed by atoms with van der Waals surface area (Å²) in [5, 5.41) is 0. The summed E-state index contributed by atoms with van der Waals surface area (Å²) in [5.41, 5.74) is 0. The molecule has 0 saturated carbocycles. The number of halogens is 1. The van der Waals surface area contributed by atoms with E-state index < -0.39 is 0 Å². The standard InChI is InChI=1S/C9H21N.CH3Cl/c1-5-7-10(6-2)8-9(3)4;1-2/h9H,5-8H2,1-4H3;1H3. The lowest BCUT2D eigenvalue weighted by atomic mass is 10.2.